The first-order valence-electron chi connectivity index (χ1n) is 3.85. The highest BCUT2D eigenvalue weighted by Gasteiger charge is 2.09. The highest BCUT2D eigenvalue weighted by molar-refractivity contribution is 7.88. The zero-order chi connectivity index (χ0) is 9.73. The second kappa shape index (κ2) is 4.29. The number of nitrogens with zero attached hydrogens (tertiary/aromatic N) is 2. The molecular weight excluding hydrogens is 190 g/mol. The first-order chi connectivity index (χ1) is 6.14. The molecule has 72 valence electrons. The van der Waals surface area contributed by atoms with Crippen LogP contribution in [0.25, 0.3) is 0 Å². The van der Waals surface area contributed by atoms with Gasteiger partial charge in [-0.3, -0.25) is 0 Å². The van der Waals surface area contributed by atoms with E-state index in [0.29, 0.717) is 12.1 Å². The normalized spacial score (nSPS) is 11.5. The van der Waals surface area contributed by atoms with Crippen LogP contribution in [0.4, 0.5) is 0 Å². The molecule has 0 fully saturated rings. The SMILES string of the molecule is CCNS(=O)(=O)Cc1cncnc1. The van der Waals surface area contributed by atoms with Crippen LogP contribution in [0.2, 0.25) is 0 Å². The molecule has 1 heterocycles. The first kappa shape index (κ1) is 10.1. The first-order valence-corrected chi connectivity index (χ1v) is 5.50. The molecule has 0 radical (unpaired) electrons. The van der Waals surface area contributed by atoms with E-state index in [1.54, 1.807) is 6.92 Å². The van der Waals surface area contributed by atoms with Crippen molar-refractivity contribution < 1.29 is 8.42 Å². The monoisotopic (exact) mass is 201 g/mol. The summed E-state index contributed by atoms with van der Waals surface area (Å²) >= 11 is 0. The summed E-state index contributed by atoms with van der Waals surface area (Å²) in [4.78, 5) is 7.45. The third-order valence-corrected chi connectivity index (χ3v) is 2.78. The van der Waals surface area contributed by atoms with Gasteiger partial charge in [0, 0.05) is 24.5 Å². The minimum absolute atomic E-state index is 0.0678. The lowest BCUT2D eigenvalue weighted by Gasteiger charge is -2.02. The average molecular weight is 201 g/mol. The fraction of sp³-hybridized carbons (Fsp3) is 0.429. The summed E-state index contributed by atoms with van der Waals surface area (Å²) in [6.45, 7) is 2.13. The van der Waals surface area contributed by atoms with Gasteiger partial charge in [-0.15, -0.1) is 0 Å². The molecule has 1 rings (SSSR count). The third kappa shape index (κ3) is 3.47. The topological polar surface area (TPSA) is 72.0 Å². The Hall–Kier alpha value is -1.01. The zero-order valence-corrected chi connectivity index (χ0v) is 8.08. The van der Waals surface area contributed by atoms with Gasteiger partial charge in [0.1, 0.15) is 6.33 Å². The number of rotatable bonds is 4. The second-order valence-corrected chi connectivity index (χ2v) is 4.31. The van der Waals surface area contributed by atoms with Crippen LogP contribution in [0.5, 0.6) is 0 Å². The van der Waals surface area contributed by atoms with Gasteiger partial charge in [-0.2, -0.15) is 0 Å². The quantitative estimate of drug-likeness (QED) is 0.739. The molecule has 1 aromatic rings. The van der Waals surface area contributed by atoms with Crippen LogP contribution in [0, 0.1) is 0 Å². The Labute approximate surface area is 77.3 Å². The van der Waals surface area contributed by atoms with Crippen molar-refractivity contribution in [2.24, 2.45) is 0 Å². The van der Waals surface area contributed by atoms with E-state index in [-0.39, 0.29) is 5.75 Å². The Balaban J connectivity index is 2.70. The summed E-state index contributed by atoms with van der Waals surface area (Å²) in [5.41, 5.74) is 0.587. The predicted molar refractivity (Wildman–Crippen MR) is 48.3 cm³/mol. The molecule has 0 aliphatic carbocycles. The molecule has 6 heteroatoms. The highest BCUT2D eigenvalue weighted by Crippen LogP contribution is 1.99. The smallest absolute Gasteiger partial charge is 0.215 e. The fourth-order valence-corrected chi connectivity index (χ4v) is 2.02. The zero-order valence-electron chi connectivity index (χ0n) is 7.27. The Kier molecular flexibility index (Phi) is 3.32. The molecule has 0 bridgehead atoms. The van der Waals surface area contributed by atoms with Crippen LogP contribution >= 0.6 is 0 Å². The molecule has 0 atom stereocenters. The van der Waals surface area contributed by atoms with Gasteiger partial charge < -0.3 is 0 Å². The largest absolute Gasteiger partial charge is 0.245 e. The van der Waals surface area contributed by atoms with Crippen molar-refractivity contribution in [1.29, 1.82) is 0 Å². The van der Waals surface area contributed by atoms with Gasteiger partial charge in [0.25, 0.3) is 0 Å². The minimum Gasteiger partial charge on any atom is -0.245 e. The van der Waals surface area contributed by atoms with Gasteiger partial charge >= 0.3 is 0 Å². The molecule has 0 aliphatic heterocycles. The molecule has 5 nitrogen and oxygen atoms in total. The van der Waals surface area contributed by atoms with Crippen molar-refractivity contribution in [3.8, 4) is 0 Å². The van der Waals surface area contributed by atoms with Crippen molar-refractivity contribution in [2.45, 2.75) is 12.7 Å². The lowest BCUT2D eigenvalue weighted by Crippen LogP contribution is -2.24. The maximum Gasteiger partial charge on any atom is 0.215 e. The maximum atomic E-state index is 11.2. The van der Waals surface area contributed by atoms with E-state index in [2.05, 4.69) is 14.7 Å². The van der Waals surface area contributed by atoms with E-state index in [4.69, 9.17) is 0 Å². The van der Waals surface area contributed by atoms with Crippen LogP contribution in [-0.4, -0.2) is 24.9 Å². The van der Waals surface area contributed by atoms with Crippen molar-refractivity contribution in [3.63, 3.8) is 0 Å². The standard InChI is InChI=1S/C7H11N3O2S/c1-2-10-13(11,12)5-7-3-8-6-9-4-7/h3-4,6,10H,2,5H2,1H3. The van der Waals surface area contributed by atoms with Crippen molar-refractivity contribution in [2.75, 3.05) is 6.54 Å². The van der Waals surface area contributed by atoms with Crippen LogP contribution in [0.15, 0.2) is 18.7 Å². The summed E-state index contributed by atoms with van der Waals surface area (Å²) in [7, 11) is -3.21. The van der Waals surface area contributed by atoms with E-state index >= 15 is 0 Å². The molecule has 1 N–H and O–H groups in total. The Morgan fingerprint density at radius 1 is 1.38 bits per heavy atom. The summed E-state index contributed by atoms with van der Waals surface area (Å²) in [6.07, 6.45) is 4.34. The molecule has 0 saturated heterocycles. The van der Waals surface area contributed by atoms with E-state index < -0.39 is 10.0 Å². The van der Waals surface area contributed by atoms with Crippen LogP contribution < -0.4 is 4.72 Å². The summed E-state index contributed by atoms with van der Waals surface area (Å²) in [6, 6.07) is 0. The second-order valence-electron chi connectivity index (χ2n) is 2.50. The summed E-state index contributed by atoms with van der Waals surface area (Å²) in [5, 5.41) is 0. The van der Waals surface area contributed by atoms with Crippen molar-refractivity contribution in [1.82, 2.24) is 14.7 Å². The molecule has 0 aromatic carbocycles. The number of nitrogens with one attached hydrogen (secondary N) is 1. The van der Waals surface area contributed by atoms with Gasteiger partial charge in [0.15, 0.2) is 0 Å². The molecule has 0 saturated carbocycles. The number of hydrogen-bond donors (Lipinski definition) is 1. The minimum atomic E-state index is -3.21. The molecule has 13 heavy (non-hydrogen) atoms. The van der Waals surface area contributed by atoms with Gasteiger partial charge in [0.05, 0.1) is 5.75 Å². The summed E-state index contributed by atoms with van der Waals surface area (Å²) < 4.78 is 24.9. The molecule has 1 aromatic heterocycles. The van der Waals surface area contributed by atoms with Crippen LogP contribution in [0.3, 0.4) is 0 Å². The molecule has 0 unspecified atom stereocenters. The van der Waals surface area contributed by atoms with Crippen LogP contribution in [-0.2, 0) is 15.8 Å². The van der Waals surface area contributed by atoms with Gasteiger partial charge in [-0.25, -0.2) is 23.1 Å². The van der Waals surface area contributed by atoms with Crippen molar-refractivity contribution >= 4 is 10.0 Å². The van der Waals surface area contributed by atoms with Gasteiger partial charge in [-0.05, 0) is 0 Å². The van der Waals surface area contributed by atoms with E-state index in [1.807, 2.05) is 0 Å². The predicted octanol–water partition coefficient (Wildman–Crippen LogP) is -0.0841. The molecular formula is C7H11N3O2S. The van der Waals surface area contributed by atoms with E-state index in [9.17, 15) is 8.42 Å². The number of aromatic nitrogens is 2. The molecule has 0 spiro atoms. The van der Waals surface area contributed by atoms with Gasteiger partial charge in [0.2, 0.25) is 10.0 Å². The number of hydrogen-bond acceptors (Lipinski definition) is 4. The molecule has 0 aliphatic rings. The maximum absolute atomic E-state index is 11.2. The average Bonchev–Trinajstić information content (AvgIpc) is 2.04. The Morgan fingerprint density at radius 2 is 2.00 bits per heavy atom. The highest BCUT2D eigenvalue weighted by atomic mass is 32.2. The van der Waals surface area contributed by atoms with E-state index in [0.717, 1.165) is 0 Å². The van der Waals surface area contributed by atoms with Crippen LogP contribution in [0.1, 0.15) is 12.5 Å². The van der Waals surface area contributed by atoms with E-state index in [1.165, 1.54) is 18.7 Å². The van der Waals surface area contributed by atoms with Gasteiger partial charge in [-0.1, -0.05) is 6.92 Å². The fourth-order valence-electron chi connectivity index (χ4n) is 0.895. The lowest BCUT2D eigenvalue weighted by atomic mass is 10.4. The lowest BCUT2D eigenvalue weighted by molar-refractivity contribution is 0.583. The molecule has 0 amide bonds. The summed E-state index contributed by atoms with van der Waals surface area (Å²) in [5.74, 6) is -0.0678. The van der Waals surface area contributed by atoms with Crippen molar-refractivity contribution in [3.05, 3.63) is 24.3 Å². The Morgan fingerprint density at radius 3 is 2.54 bits per heavy atom. The third-order valence-electron chi connectivity index (χ3n) is 1.33. The Bertz CT molecular complexity index is 349. The number of sulfonamides is 1.